The Bertz CT molecular complexity index is 386. The molecule has 1 aromatic carbocycles. The van der Waals surface area contributed by atoms with E-state index in [0.717, 1.165) is 6.54 Å². The molecule has 108 valence electrons. The lowest BCUT2D eigenvalue weighted by Crippen LogP contribution is -2.39. The molecule has 2 N–H and O–H groups in total. The highest BCUT2D eigenvalue weighted by molar-refractivity contribution is 5.33. The van der Waals surface area contributed by atoms with E-state index in [4.69, 9.17) is 10.5 Å². The molecular weight excluding hydrogens is 243 g/mol. The van der Waals surface area contributed by atoms with Gasteiger partial charge in [0, 0.05) is 30.7 Å². The highest BCUT2D eigenvalue weighted by Crippen LogP contribution is 2.19. The van der Waals surface area contributed by atoms with Crippen molar-refractivity contribution in [1.82, 2.24) is 4.90 Å². The smallest absolute Gasteiger partial charge is 0.124 e. The van der Waals surface area contributed by atoms with Crippen LogP contribution in [0.5, 0.6) is 5.75 Å². The van der Waals surface area contributed by atoms with Gasteiger partial charge in [-0.3, -0.25) is 4.90 Å². The lowest BCUT2D eigenvalue weighted by atomic mass is 10.2. The maximum atomic E-state index is 13.1. The lowest BCUT2D eigenvalue weighted by molar-refractivity contribution is 0.141. The van der Waals surface area contributed by atoms with Crippen LogP contribution in [0.2, 0.25) is 0 Å². The molecule has 0 radical (unpaired) electrons. The summed E-state index contributed by atoms with van der Waals surface area (Å²) >= 11 is 0. The standard InChI is InChI=1S/C15H25FN2O/c1-11(2)18(12(3)4)7-8-19-15-6-5-14(16)9-13(15)10-17/h5-6,9,11-12H,7-8,10,17H2,1-4H3. The van der Waals surface area contributed by atoms with Crippen LogP contribution in [-0.4, -0.2) is 30.1 Å². The summed E-state index contributed by atoms with van der Waals surface area (Å²) in [4.78, 5) is 2.35. The molecule has 0 amide bonds. The average Bonchev–Trinajstić information content (AvgIpc) is 2.34. The highest BCUT2D eigenvalue weighted by Gasteiger charge is 2.13. The van der Waals surface area contributed by atoms with Crippen LogP contribution in [0.3, 0.4) is 0 Å². The average molecular weight is 268 g/mol. The van der Waals surface area contributed by atoms with E-state index in [9.17, 15) is 4.39 Å². The summed E-state index contributed by atoms with van der Waals surface area (Å²) in [6.45, 7) is 10.4. The predicted octanol–water partition coefficient (Wildman–Crippen LogP) is 2.78. The third-order valence-electron chi connectivity index (χ3n) is 3.18. The Kier molecular flexibility index (Phi) is 6.25. The van der Waals surface area contributed by atoms with Gasteiger partial charge in [-0.05, 0) is 45.9 Å². The fraction of sp³-hybridized carbons (Fsp3) is 0.600. The molecule has 0 saturated heterocycles. The van der Waals surface area contributed by atoms with E-state index in [1.54, 1.807) is 6.07 Å². The van der Waals surface area contributed by atoms with Gasteiger partial charge in [-0.1, -0.05) is 0 Å². The SMILES string of the molecule is CC(C)N(CCOc1ccc(F)cc1CN)C(C)C. The van der Waals surface area contributed by atoms with Crippen molar-refractivity contribution in [3.8, 4) is 5.75 Å². The summed E-state index contributed by atoms with van der Waals surface area (Å²) < 4.78 is 18.8. The minimum atomic E-state index is -0.279. The number of hydrogen-bond acceptors (Lipinski definition) is 3. The number of rotatable bonds is 7. The molecule has 3 nitrogen and oxygen atoms in total. The molecule has 0 fully saturated rings. The van der Waals surface area contributed by atoms with Crippen LogP contribution in [0.25, 0.3) is 0 Å². The Morgan fingerprint density at radius 3 is 2.37 bits per heavy atom. The molecule has 0 unspecified atom stereocenters. The van der Waals surface area contributed by atoms with Crippen molar-refractivity contribution in [1.29, 1.82) is 0 Å². The van der Waals surface area contributed by atoms with E-state index in [0.29, 0.717) is 30.0 Å². The van der Waals surface area contributed by atoms with Crippen molar-refractivity contribution in [2.45, 2.75) is 46.3 Å². The second-order valence-electron chi connectivity index (χ2n) is 5.23. The molecule has 0 aromatic heterocycles. The van der Waals surface area contributed by atoms with Crippen molar-refractivity contribution < 1.29 is 9.13 Å². The first-order chi connectivity index (χ1) is 8.95. The Hall–Kier alpha value is -1.13. The van der Waals surface area contributed by atoms with Gasteiger partial charge in [-0.15, -0.1) is 0 Å². The zero-order chi connectivity index (χ0) is 14.4. The first kappa shape index (κ1) is 15.9. The van der Waals surface area contributed by atoms with Crippen molar-refractivity contribution in [3.63, 3.8) is 0 Å². The van der Waals surface area contributed by atoms with Crippen LogP contribution in [0.15, 0.2) is 18.2 Å². The van der Waals surface area contributed by atoms with Gasteiger partial charge in [0.05, 0.1) is 0 Å². The van der Waals surface area contributed by atoms with Gasteiger partial charge >= 0.3 is 0 Å². The normalized spacial score (nSPS) is 11.6. The van der Waals surface area contributed by atoms with E-state index < -0.39 is 0 Å². The van der Waals surface area contributed by atoms with Gasteiger partial charge in [0.15, 0.2) is 0 Å². The number of ether oxygens (including phenoxy) is 1. The minimum Gasteiger partial charge on any atom is -0.492 e. The van der Waals surface area contributed by atoms with Crippen molar-refractivity contribution in [2.75, 3.05) is 13.2 Å². The summed E-state index contributed by atoms with van der Waals surface area (Å²) in [5.74, 6) is 0.398. The molecule has 1 rings (SSSR count). The zero-order valence-corrected chi connectivity index (χ0v) is 12.3. The third-order valence-corrected chi connectivity index (χ3v) is 3.18. The van der Waals surface area contributed by atoms with Gasteiger partial charge in [0.2, 0.25) is 0 Å². The van der Waals surface area contributed by atoms with Gasteiger partial charge in [-0.25, -0.2) is 4.39 Å². The predicted molar refractivity (Wildman–Crippen MR) is 76.8 cm³/mol. The molecule has 4 heteroatoms. The van der Waals surface area contributed by atoms with Crippen LogP contribution in [0, 0.1) is 5.82 Å². The Morgan fingerprint density at radius 1 is 1.21 bits per heavy atom. The lowest BCUT2D eigenvalue weighted by Gasteiger charge is -2.30. The maximum Gasteiger partial charge on any atom is 0.124 e. The van der Waals surface area contributed by atoms with Crippen LogP contribution >= 0.6 is 0 Å². The van der Waals surface area contributed by atoms with Crippen LogP contribution in [0.4, 0.5) is 4.39 Å². The molecule has 0 saturated carbocycles. The first-order valence-electron chi connectivity index (χ1n) is 6.82. The zero-order valence-electron chi connectivity index (χ0n) is 12.3. The number of nitrogens with zero attached hydrogens (tertiary/aromatic N) is 1. The van der Waals surface area contributed by atoms with Crippen molar-refractivity contribution in [3.05, 3.63) is 29.6 Å². The van der Waals surface area contributed by atoms with E-state index in [1.165, 1.54) is 12.1 Å². The van der Waals surface area contributed by atoms with E-state index in [-0.39, 0.29) is 12.4 Å². The number of nitrogens with two attached hydrogens (primary N) is 1. The van der Waals surface area contributed by atoms with Gasteiger partial charge in [0.1, 0.15) is 18.2 Å². The molecular formula is C15H25FN2O. The third kappa shape index (κ3) is 4.80. The summed E-state index contributed by atoms with van der Waals surface area (Å²) in [5.41, 5.74) is 6.30. The second-order valence-corrected chi connectivity index (χ2v) is 5.23. The number of benzene rings is 1. The summed E-state index contributed by atoms with van der Waals surface area (Å²) in [5, 5.41) is 0. The van der Waals surface area contributed by atoms with Gasteiger partial charge in [-0.2, -0.15) is 0 Å². The Labute approximate surface area is 115 Å². The quantitative estimate of drug-likeness (QED) is 0.826. The molecule has 0 heterocycles. The minimum absolute atomic E-state index is 0.279. The van der Waals surface area contributed by atoms with Gasteiger partial charge < -0.3 is 10.5 Å². The summed E-state index contributed by atoms with van der Waals surface area (Å²) in [6, 6.07) is 5.43. The largest absolute Gasteiger partial charge is 0.492 e. The monoisotopic (exact) mass is 268 g/mol. The number of hydrogen-bond donors (Lipinski definition) is 1. The van der Waals surface area contributed by atoms with Crippen LogP contribution in [0.1, 0.15) is 33.3 Å². The first-order valence-corrected chi connectivity index (χ1v) is 6.82. The fourth-order valence-corrected chi connectivity index (χ4v) is 2.22. The molecule has 0 aliphatic rings. The van der Waals surface area contributed by atoms with Gasteiger partial charge in [0.25, 0.3) is 0 Å². The van der Waals surface area contributed by atoms with Crippen LogP contribution < -0.4 is 10.5 Å². The maximum absolute atomic E-state index is 13.1. The summed E-state index contributed by atoms with van der Waals surface area (Å²) in [6.07, 6.45) is 0. The van der Waals surface area contributed by atoms with Crippen molar-refractivity contribution >= 4 is 0 Å². The van der Waals surface area contributed by atoms with E-state index >= 15 is 0 Å². The van der Waals surface area contributed by atoms with E-state index in [1.807, 2.05) is 0 Å². The van der Waals surface area contributed by atoms with Crippen LogP contribution in [-0.2, 0) is 6.54 Å². The Morgan fingerprint density at radius 2 is 1.84 bits per heavy atom. The molecule has 0 bridgehead atoms. The molecule has 0 aliphatic carbocycles. The molecule has 0 atom stereocenters. The molecule has 1 aromatic rings. The van der Waals surface area contributed by atoms with E-state index in [2.05, 4.69) is 32.6 Å². The second kappa shape index (κ2) is 7.46. The Balaban J connectivity index is 2.57. The topological polar surface area (TPSA) is 38.5 Å². The fourth-order valence-electron chi connectivity index (χ4n) is 2.22. The summed E-state index contributed by atoms with van der Waals surface area (Å²) in [7, 11) is 0. The van der Waals surface area contributed by atoms with Crippen molar-refractivity contribution in [2.24, 2.45) is 5.73 Å². The molecule has 0 aliphatic heterocycles. The molecule has 0 spiro atoms. The highest BCUT2D eigenvalue weighted by atomic mass is 19.1. The number of halogens is 1. The molecule has 19 heavy (non-hydrogen) atoms.